The fraction of sp³-hybridized carbons (Fsp3) is 0. The number of para-hydroxylation sites is 1. The molecule has 2 aromatic rings. The second-order valence-corrected chi connectivity index (χ2v) is 4.86. The van der Waals surface area contributed by atoms with Crippen molar-refractivity contribution in [3.63, 3.8) is 0 Å². The molecule has 16 heavy (non-hydrogen) atoms. The Morgan fingerprint density at radius 2 is 1.44 bits per heavy atom. The summed E-state index contributed by atoms with van der Waals surface area (Å²) in [7, 11) is 0. The highest BCUT2D eigenvalue weighted by molar-refractivity contribution is 9.11. The number of phenolic OH excluding ortho intramolecular Hbond substituents is 1. The van der Waals surface area contributed by atoms with E-state index < -0.39 is 0 Å². The molecule has 0 aliphatic rings. The Morgan fingerprint density at radius 3 is 2.00 bits per heavy atom. The van der Waals surface area contributed by atoms with E-state index in [1.807, 2.05) is 30.3 Å². The van der Waals surface area contributed by atoms with Crippen LogP contribution in [0.3, 0.4) is 0 Å². The molecule has 0 atom stereocenters. The van der Waals surface area contributed by atoms with Gasteiger partial charge in [-0.3, -0.25) is 0 Å². The summed E-state index contributed by atoms with van der Waals surface area (Å²) in [4.78, 5) is 0. The fourth-order valence-corrected chi connectivity index (χ4v) is 2.37. The SMILES string of the molecule is Oc1c(Br)cc(Oc2ccccc2)cc1Br. The highest BCUT2D eigenvalue weighted by Crippen LogP contribution is 2.37. The molecule has 0 radical (unpaired) electrons. The summed E-state index contributed by atoms with van der Waals surface area (Å²) in [5.41, 5.74) is 0. The maximum Gasteiger partial charge on any atom is 0.144 e. The summed E-state index contributed by atoms with van der Waals surface area (Å²) in [6.45, 7) is 0. The van der Waals surface area contributed by atoms with E-state index in [2.05, 4.69) is 31.9 Å². The van der Waals surface area contributed by atoms with Crippen LogP contribution in [0.5, 0.6) is 17.2 Å². The van der Waals surface area contributed by atoms with Crippen molar-refractivity contribution in [2.45, 2.75) is 0 Å². The number of phenols is 1. The predicted molar refractivity (Wildman–Crippen MR) is 70.0 cm³/mol. The molecule has 0 saturated carbocycles. The van der Waals surface area contributed by atoms with Gasteiger partial charge < -0.3 is 9.84 Å². The number of aromatic hydroxyl groups is 1. The van der Waals surface area contributed by atoms with Crippen LogP contribution in [0.2, 0.25) is 0 Å². The van der Waals surface area contributed by atoms with E-state index in [0.717, 1.165) is 5.75 Å². The van der Waals surface area contributed by atoms with Gasteiger partial charge in [0.2, 0.25) is 0 Å². The molecular weight excluding hydrogens is 336 g/mol. The normalized spacial score (nSPS) is 10.1. The van der Waals surface area contributed by atoms with Crippen LogP contribution in [0.1, 0.15) is 0 Å². The molecule has 82 valence electrons. The van der Waals surface area contributed by atoms with Gasteiger partial charge in [-0.1, -0.05) is 18.2 Å². The maximum atomic E-state index is 9.55. The quantitative estimate of drug-likeness (QED) is 0.855. The summed E-state index contributed by atoms with van der Waals surface area (Å²) in [6.07, 6.45) is 0. The Morgan fingerprint density at radius 1 is 0.875 bits per heavy atom. The summed E-state index contributed by atoms with van der Waals surface area (Å²) in [6, 6.07) is 12.9. The second kappa shape index (κ2) is 4.89. The van der Waals surface area contributed by atoms with Crippen molar-refractivity contribution in [2.75, 3.05) is 0 Å². The number of benzene rings is 2. The first kappa shape index (κ1) is 11.5. The van der Waals surface area contributed by atoms with E-state index in [9.17, 15) is 5.11 Å². The molecule has 2 rings (SSSR count). The molecule has 0 heterocycles. The van der Waals surface area contributed by atoms with Crippen molar-refractivity contribution < 1.29 is 9.84 Å². The Bertz CT molecular complexity index is 475. The highest BCUT2D eigenvalue weighted by atomic mass is 79.9. The lowest BCUT2D eigenvalue weighted by molar-refractivity contribution is 0.458. The predicted octanol–water partition coefficient (Wildman–Crippen LogP) is 4.71. The van der Waals surface area contributed by atoms with Gasteiger partial charge in [-0.05, 0) is 56.1 Å². The van der Waals surface area contributed by atoms with E-state index in [-0.39, 0.29) is 5.75 Å². The molecule has 0 saturated heterocycles. The van der Waals surface area contributed by atoms with Crippen LogP contribution in [0, 0.1) is 0 Å². The van der Waals surface area contributed by atoms with Crippen LogP contribution < -0.4 is 4.74 Å². The van der Waals surface area contributed by atoms with Crippen LogP contribution in [0.15, 0.2) is 51.4 Å². The van der Waals surface area contributed by atoms with Crippen LogP contribution in [-0.2, 0) is 0 Å². The average molecular weight is 344 g/mol. The molecule has 4 heteroatoms. The molecule has 1 N–H and O–H groups in total. The molecule has 0 spiro atoms. The molecule has 2 aromatic carbocycles. The van der Waals surface area contributed by atoms with Crippen molar-refractivity contribution in [3.8, 4) is 17.2 Å². The van der Waals surface area contributed by atoms with E-state index in [1.165, 1.54) is 0 Å². The minimum absolute atomic E-state index is 0.167. The van der Waals surface area contributed by atoms with Crippen molar-refractivity contribution in [1.29, 1.82) is 0 Å². The third kappa shape index (κ3) is 2.57. The van der Waals surface area contributed by atoms with Crippen molar-refractivity contribution in [2.24, 2.45) is 0 Å². The van der Waals surface area contributed by atoms with Gasteiger partial charge >= 0.3 is 0 Å². The molecular formula is C12H8Br2O2. The summed E-state index contributed by atoms with van der Waals surface area (Å²) >= 11 is 6.50. The summed E-state index contributed by atoms with van der Waals surface area (Å²) in [5, 5.41) is 9.55. The van der Waals surface area contributed by atoms with Gasteiger partial charge in [0.1, 0.15) is 17.2 Å². The lowest BCUT2D eigenvalue weighted by atomic mass is 10.3. The molecule has 0 amide bonds. The monoisotopic (exact) mass is 342 g/mol. The van der Waals surface area contributed by atoms with E-state index in [0.29, 0.717) is 14.7 Å². The zero-order valence-electron chi connectivity index (χ0n) is 8.15. The van der Waals surface area contributed by atoms with Gasteiger partial charge in [-0.15, -0.1) is 0 Å². The smallest absolute Gasteiger partial charge is 0.144 e. The number of ether oxygens (including phenoxy) is 1. The maximum absolute atomic E-state index is 9.55. The Labute approximate surface area is 110 Å². The molecule has 0 unspecified atom stereocenters. The highest BCUT2D eigenvalue weighted by Gasteiger charge is 2.07. The molecule has 0 aliphatic carbocycles. The first-order valence-corrected chi connectivity index (χ1v) is 6.16. The van der Waals surface area contributed by atoms with Gasteiger partial charge in [0.05, 0.1) is 8.95 Å². The van der Waals surface area contributed by atoms with Crippen molar-refractivity contribution in [1.82, 2.24) is 0 Å². The lowest BCUT2D eigenvalue weighted by Crippen LogP contribution is -1.84. The van der Waals surface area contributed by atoms with Gasteiger partial charge in [0.25, 0.3) is 0 Å². The number of hydrogen-bond donors (Lipinski definition) is 1. The Balaban J connectivity index is 2.29. The first-order chi connectivity index (χ1) is 7.66. The average Bonchev–Trinajstić information content (AvgIpc) is 2.27. The van der Waals surface area contributed by atoms with Crippen LogP contribution in [0.25, 0.3) is 0 Å². The zero-order valence-corrected chi connectivity index (χ0v) is 11.3. The van der Waals surface area contributed by atoms with Gasteiger partial charge in [0.15, 0.2) is 0 Å². The Hall–Kier alpha value is -1.00. The standard InChI is InChI=1S/C12H8Br2O2/c13-10-6-9(7-11(14)12(10)15)16-8-4-2-1-3-5-8/h1-7,15H. The lowest BCUT2D eigenvalue weighted by Gasteiger charge is -2.08. The number of rotatable bonds is 2. The molecule has 0 aliphatic heterocycles. The third-order valence-corrected chi connectivity index (χ3v) is 3.18. The minimum atomic E-state index is 0.167. The van der Waals surface area contributed by atoms with Gasteiger partial charge in [-0.25, -0.2) is 0 Å². The van der Waals surface area contributed by atoms with Crippen LogP contribution in [-0.4, -0.2) is 5.11 Å². The van der Waals surface area contributed by atoms with Crippen molar-refractivity contribution >= 4 is 31.9 Å². The molecule has 2 nitrogen and oxygen atoms in total. The summed E-state index contributed by atoms with van der Waals surface area (Å²) < 4.78 is 6.81. The van der Waals surface area contributed by atoms with Crippen molar-refractivity contribution in [3.05, 3.63) is 51.4 Å². The van der Waals surface area contributed by atoms with E-state index in [1.54, 1.807) is 12.1 Å². The van der Waals surface area contributed by atoms with Gasteiger partial charge in [0, 0.05) is 0 Å². The Kier molecular flexibility index (Phi) is 3.51. The van der Waals surface area contributed by atoms with Gasteiger partial charge in [-0.2, -0.15) is 0 Å². The molecule has 0 fully saturated rings. The van der Waals surface area contributed by atoms with Crippen LogP contribution in [0.4, 0.5) is 0 Å². The molecule has 0 aromatic heterocycles. The van der Waals surface area contributed by atoms with E-state index >= 15 is 0 Å². The largest absolute Gasteiger partial charge is 0.506 e. The minimum Gasteiger partial charge on any atom is -0.506 e. The van der Waals surface area contributed by atoms with E-state index in [4.69, 9.17) is 4.74 Å². The third-order valence-electron chi connectivity index (χ3n) is 1.97. The topological polar surface area (TPSA) is 29.5 Å². The number of halogens is 2. The summed E-state index contributed by atoms with van der Waals surface area (Å²) in [5.74, 6) is 1.58. The second-order valence-electron chi connectivity index (χ2n) is 3.15. The number of hydrogen-bond acceptors (Lipinski definition) is 2. The first-order valence-electron chi connectivity index (χ1n) is 4.58. The molecule has 0 bridgehead atoms. The zero-order chi connectivity index (χ0) is 11.5. The van der Waals surface area contributed by atoms with Crippen LogP contribution >= 0.6 is 31.9 Å². The fourth-order valence-electron chi connectivity index (χ4n) is 1.23.